The van der Waals surface area contributed by atoms with Crippen LogP contribution in [0.25, 0.3) is 0 Å². The second kappa shape index (κ2) is 2.93. The van der Waals surface area contributed by atoms with Gasteiger partial charge in [0.2, 0.25) is 0 Å². The maximum atomic E-state index is 5.77. The van der Waals surface area contributed by atoms with Gasteiger partial charge in [0.1, 0.15) is 0 Å². The molecule has 0 heterocycles. The molecule has 9 heavy (non-hydrogen) atoms. The van der Waals surface area contributed by atoms with E-state index in [0.29, 0.717) is 11.3 Å². The lowest BCUT2D eigenvalue weighted by molar-refractivity contribution is 0.520. The second-order valence-corrected chi connectivity index (χ2v) is 3.64. The first-order valence-corrected chi connectivity index (χ1v) is 4.19. The van der Waals surface area contributed by atoms with Crippen molar-refractivity contribution in [1.82, 2.24) is 0 Å². The second-order valence-electron chi connectivity index (χ2n) is 2.98. The lowest BCUT2D eigenvalue weighted by Gasteiger charge is -2.04. The molecule has 0 spiro atoms. The number of hydrogen-bond donors (Lipinski definition) is 2. The van der Waals surface area contributed by atoms with Crippen molar-refractivity contribution < 1.29 is 0 Å². The van der Waals surface area contributed by atoms with Gasteiger partial charge in [-0.15, -0.1) is 0 Å². The fourth-order valence-electron chi connectivity index (χ4n) is 1.49. The monoisotopic (exact) mass is 145 g/mol. The molecule has 0 saturated heterocycles. The van der Waals surface area contributed by atoms with Crippen molar-refractivity contribution in [3.63, 3.8) is 0 Å². The maximum absolute atomic E-state index is 5.77. The maximum Gasteiger partial charge on any atom is 0.0171 e. The van der Waals surface area contributed by atoms with Gasteiger partial charge in [-0.2, -0.15) is 12.6 Å². The average Bonchev–Trinajstić information content (AvgIpc) is 2.13. The Balaban J connectivity index is 2.35. The van der Waals surface area contributed by atoms with Gasteiger partial charge in [-0.05, 0) is 18.8 Å². The molecule has 2 N–H and O–H groups in total. The summed E-state index contributed by atoms with van der Waals surface area (Å²) in [5, 5.41) is 0.468. The Kier molecular flexibility index (Phi) is 2.42. The molecule has 0 aromatic carbocycles. The highest BCUT2D eigenvalue weighted by Crippen LogP contribution is 2.30. The summed E-state index contributed by atoms with van der Waals surface area (Å²) in [4.78, 5) is 0. The van der Waals surface area contributed by atoms with Gasteiger partial charge in [0.25, 0.3) is 0 Å². The summed E-state index contributed by atoms with van der Waals surface area (Å²) >= 11 is 4.38. The Hall–Kier alpha value is 0.310. The standard InChI is InChI=1S/C7H15NS/c1-2-5-3-6(8)7(9)4-5/h5-7,9H,2-4,8H2,1H3. The van der Waals surface area contributed by atoms with Gasteiger partial charge in [0, 0.05) is 11.3 Å². The van der Waals surface area contributed by atoms with E-state index in [2.05, 4.69) is 19.6 Å². The van der Waals surface area contributed by atoms with Crippen molar-refractivity contribution in [1.29, 1.82) is 0 Å². The lowest BCUT2D eigenvalue weighted by atomic mass is 10.1. The van der Waals surface area contributed by atoms with E-state index in [1.807, 2.05) is 0 Å². The molecular weight excluding hydrogens is 130 g/mol. The molecule has 2 heteroatoms. The van der Waals surface area contributed by atoms with Crippen LogP contribution in [-0.2, 0) is 0 Å². The zero-order valence-electron chi connectivity index (χ0n) is 5.88. The molecule has 1 fully saturated rings. The molecule has 1 nitrogen and oxygen atoms in total. The van der Waals surface area contributed by atoms with E-state index in [4.69, 9.17) is 5.73 Å². The molecular formula is C7H15NS. The van der Waals surface area contributed by atoms with Crippen molar-refractivity contribution in [2.45, 2.75) is 37.5 Å². The summed E-state index contributed by atoms with van der Waals surface area (Å²) in [5.41, 5.74) is 5.77. The summed E-state index contributed by atoms with van der Waals surface area (Å²) in [5.74, 6) is 0.850. The topological polar surface area (TPSA) is 26.0 Å². The van der Waals surface area contributed by atoms with Gasteiger partial charge in [-0.1, -0.05) is 13.3 Å². The fourth-order valence-corrected chi connectivity index (χ4v) is 1.91. The van der Waals surface area contributed by atoms with Crippen LogP contribution in [0.2, 0.25) is 0 Å². The van der Waals surface area contributed by atoms with Crippen LogP contribution in [0.3, 0.4) is 0 Å². The average molecular weight is 145 g/mol. The minimum atomic E-state index is 0.360. The first-order chi connectivity index (χ1) is 4.24. The van der Waals surface area contributed by atoms with E-state index in [0.717, 1.165) is 5.92 Å². The molecule has 3 unspecified atom stereocenters. The quantitative estimate of drug-likeness (QED) is 0.536. The minimum Gasteiger partial charge on any atom is -0.327 e. The first kappa shape index (κ1) is 7.42. The van der Waals surface area contributed by atoms with Gasteiger partial charge < -0.3 is 5.73 Å². The van der Waals surface area contributed by atoms with Crippen LogP contribution in [0.1, 0.15) is 26.2 Å². The van der Waals surface area contributed by atoms with Gasteiger partial charge >= 0.3 is 0 Å². The van der Waals surface area contributed by atoms with E-state index >= 15 is 0 Å². The van der Waals surface area contributed by atoms with Crippen LogP contribution >= 0.6 is 12.6 Å². The number of nitrogens with two attached hydrogens (primary N) is 1. The summed E-state index contributed by atoms with van der Waals surface area (Å²) < 4.78 is 0. The van der Waals surface area contributed by atoms with Crippen molar-refractivity contribution in [2.75, 3.05) is 0 Å². The van der Waals surface area contributed by atoms with E-state index < -0.39 is 0 Å². The van der Waals surface area contributed by atoms with Gasteiger partial charge in [0.15, 0.2) is 0 Å². The van der Waals surface area contributed by atoms with E-state index in [9.17, 15) is 0 Å². The van der Waals surface area contributed by atoms with Crippen molar-refractivity contribution in [3.05, 3.63) is 0 Å². The lowest BCUT2D eigenvalue weighted by Crippen LogP contribution is -2.24. The third-order valence-corrected chi connectivity index (χ3v) is 2.85. The largest absolute Gasteiger partial charge is 0.327 e. The molecule has 1 aliphatic rings. The summed E-state index contributed by atoms with van der Waals surface area (Å²) in [6, 6.07) is 0.360. The van der Waals surface area contributed by atoms with Crippen molar-refractivity contribution in [2.24, 2.45) is 11.7 Å². The Bertz CT molecular complexity index is 84.9. The highest BCUT2D eigenvalue weighted by molar-refractivity contribution is 7.81. The van der Waals surface area contributed by atoms with Crippen LogP contribution in [0, 0.1) is 5.92 Å². The zero-order chi connectivity index (χ0) is 6.85. The Morgan fingerprint density at radius 3 is 2.44 bits per heavy atom. The molecule has 0 amide bonds. The van der Waals surface area contributed by atoms with E-state index in [1.165, 1.54) is 19.3 Å². The van der Waals surface area contributed by atoms with E-state index in [-0.39, 0.29) is 0 Å². The summed E-state index contributed by atoms with van der Waals surface area (Å²) in [7, 11) is 0. The highest BCUT2D eigenvalue weighted by atomic mass is 32.1. The molecule has 1 saturated carbocycles. The number of rotatable bonds is 1. The molecule has 0 aliphatic heterocycles. The number of thiol groups is 1. The minimum absolute atomic E-state index is 0.360. The smallest absolute Gasteiger partial charge is 0.0171 e. The molecule has 54 valence electrons. The van der Waals surface area contributed by atoms with Crippen LogP contribution in [-0.4, -0.2) is 11.3 Å². The Labute approximate surface area is 62.4 Å². The van der Waals surface area contributed by atoms with Crippen LogP contribution < -0.4 is 5.73 Å². The third kappa shape index (κ3) is 1.62. The molecule has 1 rings (SSSR count). The molecule has 0 aromatic rings. The molecule has 0 aromatic heterocycles. The van der Waals surface area contributed by atoms with Crippen LogP contribution in [0.15, 0.2) is 0 Å². The van der Waals surface area contributed by atoms with Gasteiger partial charge in [-0.3, -0.25) is 0 Å². The third-order valence-electron chi connectivity index (χ3n) is 2.25. The van der Waals surface area contributed by atoms with Crippen LogP contribution in [0.5, 0.6) is 0 Å². The zero-order valence-corrected chi connectivity index (χ0v) is 6.77. The molecule has 0 bridgehead atoms. The normalized spacial score (nSPS) is 43.7. The van der Waals surface area contributed by atoms with Gasteiger partial charge in [-0.25, -0.2) is 0 Å². The molecule has 1 aliphatic carbocycles. The molecule has 0 radical (unpaired) electrons. The van der Waals surface area contributed by atoms with Crippen molar-refractivity contribution in [3.8, 4) is 0 Å². The molecule has 3 atom stereocenters. The highest BCUT2D eigenvalue weighted by Gasteiger charge is 2.27. The Morgan fingerprint density at radius 1 is 1.56 bits per heavy atom. The summed E-state index contributed by atoms with van der Waals surface area (Å²) in [6.45, 7) is 2.23. The predicted octanol–water partition coefficient (Wildman–Crippen LogP) is 1.43. The fraction of sp³-hybridized carbons (Fsp3) is 1.00. The predicted molar refractivity (Wildman–Crippen MR) is 43.8 cm³/mol. The first-order valence-electron chi connectivity index (χ1n) is 3.67. The van der Waals surface area contributed by atoms with Gasteiger partial charge in [0.05, 0.1) is 0 Å². The Morgan fingerprint density at radius 2 is 2.22 bits per heavy atom. The summed E-state index contributed by atoms with van der Waals surface area (Å²) in [6.07, 6.45) is 3.68. The van der Waals surface area contributed by atoms with Crippen LogP contribution in [0.4, 0.5) is 0 Å². The van der Waals surface area contributed by atoms with Crippen molar-refractivity contribution >= 4 is 12.6 Å². The number of hydrogen-bond acceptors (Lipinski definition) is 2. The van der Waals surface area contributed by atoms with E-state index in [1.54, 1.807) is 0 Å². The SMILES string of the molecule is CCC1CC(N)C(S)C1.